The van der Waals surface area contributed by atoms with Gasteiger partial charge in [-0.1, -0.05) is 33.1 Å². The Balaban J connectivity index is 2.12. The summed E-state index contributed by atoms with van der Waals surface area (Å²) in [6.07, 6.45) is 7.89. The van der Waals surface area contributed by atoms with Crippen LogP contribution in [-0.4, -0.2) is 12.6 Å². The molecule has 1 rings (SSSR count). The van der Waals surface area contributed by atoms with Crippen molar-refractivity contribution in [3.8, 4) is 0 Å². The first-order chi connectivity index (χ1) is 7.27. The van der Waals surface area contributed by atoms with Crippen molar-refractivity contribution in [1.29, 1.82) is 0 Å². The lowest BCUT2D eigenvalue weighted by Crippen LogP contribution is -2.15. The average molecular weight is 212 g/mol. The summed E-state index contributed by atoms with van der Waals surface area (Å²) in [5.41, 5.74) is 0. The molecule has 2 atom stereocenters. The van der Waals surface area contributed by atoms with Crippen LogP contribution in [0.1, 0.15) is 58.8 Å². The van der Waals surface area contributed by atoms with Crippen LogP contribution in [0.5, 0.6) is 0 Å². The fourth-order valence-electron chi connectivity index (χ4n) is 2.30. The number of carbonyl (C=O) groups is 1. The van der Waals surface area contributed by atoms with E-state index in [1.54, 1.807) is 0 Å². The van der Waals surface area contributed by atoms with Gasteiger partial charge >= 0.3 is 5.97 Å². The topological polar surface area (TPSA) is 26.3 Å². The molecule has 0 spiro atoms. The monoisotopic (exact) mass is 212 g/mol. The molecule has 1 aliphatic carbocycles. The molecule has 2 heteroatoms. The third-order valence-electron chi connectivity index (χ3n) is 3.44. The maximum absolute atomic E-state index is 11.6. The second-order valence-electron chi connectivity index (χ2n) is 4.66. The maximum Gasteiger partial charge on any atom is 0.308 e. The van der Waals surface area contributed by atoms with Gasteiger partial charge in [0, 0.05) is 0 Å². The third kappa shape index (κ3) is 4.23. The lowest BCUT2D eigenvalue weighted by molar-refractivity contribution is -0.148. The fourth-order valence-corrected chi connectivity index (χ4v) is 2.30. The molecule has 0 amide bonds. The lowest BCUT2D eigenvalue weighted by atomic mass is 10.0. The van der Waals surface area contributed by atoms with Gasteiger partial charge in [-0.15, -0.1) is 0 Å². The minimum absolute atomic E-state index is 0.0575. The Hall–Kier alpha value is -0.530. The molecule has 15 heavy (non-hydrogen) atoms. The van der Waals surface area contributed by atoms with E-state index in [-0.39, 0.29) is 11.9 Å². The second kappa shape index (κ2) is 6.86. The predicted octanol–water partition coefficient (Wildman–Crippen LogP) is 3.55. The van der Waals surface area contributed by atoms with E-state index >= 15 is 0 Å². The molecule has 0 bridgehead atoms. The van der Waals surface area contributed by atoms with Crippen LogP contribution in [0.25, 0.3) is 0 Å². The molecule has 0 aromatic heterocycles. The number of unbranched alkanes of at least 4 members (excludes halogenated alkanes) is 2. The number of hydrogen-bond donors (Lipinski definition) is 0. The summed E-state index contributed by atoms with van der Waals surface area (Å²) in [6, 6.07) is 0. The largest absolute Gasteiger partial charge is 0.465 e. The molecule has 0 radical (unpaired) electrons. The first-order valence-corrected chi connectivity index (χ1v) is 6.44. The van der Waals surface area contributed by atoms with E-state index in [0.29, 0.717) is 6.61 Å². The molecule has 0 aliphatic heterocycles. The number of hydrogen-bond acceptors (Lipinski definition) is 2. The summed E-state index contributed by atoms with van der Waals surface area (Å²) in [4.78, 5) is 11.6. The Labute approximate surface area is 93.4 Å². The van der Waals surface area contributed by atoms with Gasteiger partial charge in [0.25, 0.3) is 0 Å². The Morgan fingerprint density at radius 3 is 2.67 bits per heavy atom. The maximum atomic E-state index is 11.6. The Morgan fingerprint density at radius 1 is 1.27 bits per heavy atom. The van der Waals surface area contributed by atoms with Crippen LogP contribution >= 0.6 is 0 Å². The Bertz CT molecular complexity index is 189. The van der Waals surface area contributed by atoms with Crippen molar-refractivity contribution in [3.63, 3.8) is 0 Å². The third-order valence-corrected chi connectivity index (χ3v) is 3.44. The SMILES string of the molecule is CCCCCOC(=O)C1CCC(CC)C1. The van der Waals surface area contributed by atoms with Crippen LogP contribution in [0.3, 0.4) is 0 Å². The van der Waals surface area contributed by atoms with Gasteiger partial charge < -0.3 is 4.74 Å². The summed E-state index contributed by atoms with van der Waals surface area (Å²) in [6.45, 7) is 4.99. The molecule has 1 aliphatic rings. The zero-order valence-electron chi connectivity index (χ0n) is 10.1. The molecule has 0 aromatic rings. The van der Waals surface area contributed by atoms with Crippen molar-refractivity contribution in [2.75, 3.05) is 6.61 Å². The summed E-state index contributed by atoms with van der Waals surface area (Å²) < 4.78 is 5.28. The number of carbonyl (C=O) groups excluding carboxylic acids is 1. The van der Waals surface area contributed by atoms with Crippen LogP contribution < -0.4 is 0 Å². The lowest BCUT2D eigenvalue weighted by Gasteiger charge is -2.10. The van der Waals surface area contributed by atoms with Crippen molar-refractivity contribution in [2.24, 2.45) is 11.8 Å². The standard InChI is InChI=1S/C13H24O2/c1-3-5-6-9-15-13(14)12-8-7-11(4-2)10-12/h11-12H,3-10H2,1-2H3. The van der Waals surface area contributed by atoms with Gasteiger partial charge in [-0.2, -0.15) is 0 Å². The van der Waals surface area contributed by atoms with Crippen LogP contribution in [0.4, 0.5) is 0 Å². The highest BCUT2D eigenvalue weighted by molar-refractivity contribution is 5.72. The highest BCUT2D eigenvalue weighted by Gasteiger charge is 2.29. The minimum Gasteiger partial charge on any atom is -0.465 e. The Morgan fingerprint density at radius 2 is 2.07 bits per heavy atom. The molecule has 2 nitrogen and oxygen atoms in total. The van der Waals surface area contributed by atoms with Gasteiger partial charge in [0.1, 0.15) is 0 Å². The van der Waals surface area contributed by atoms with E-state index in [1.165, 1.54) is 19.3 Å². The van der Waals surface area contributed by atoms with Gasteiger partial charge in [-0.3, -0.25) is 4.79 Å². The zero-order valence-corrected chi connectivity index (χ0v) is 10.1. The van der Waals surface area contributed by atoms with E-state index in [9.17, 15) is 4.79 Å². The van der Waals surface area contributed by atoms with E-state index in [0.717, 1.165) is 31.6 Å². The van der Waals surface area contributed by atoms with Gasteiger partial charge in [-0.05, 0) is 31.6 Å². The van der Waals surface area contributed by atoms with E-state index in [1.807, 2.05) is 0 Å². The summed E-state index contributed by atoms with van der Waals surface area (Å²) in [5.74, 6) is 1.02. The van der Waals surface area contributed by atoms with Crippen molar-refractivity contribution >= 4 is 5.97 Å². The minimum atomic E-state index is 0.0575. The van der Waals surface area contributed by atoms with Crippen molar-refractivity contribution in [1.82, 2.24) is 0 Å². The molecular weight excluding hydrogens is 188 g/mol. The van der Waals surface area contributed by atoms with E-state index in [2.05, 4.69) is 13.8 Å². The molecule has 88 valence electrons. The molecule has 0 heterocycles. The second-order valence-corrected chi connectivity index (χ2v) is 4.66. The van der Waals surface area contributed by atoms with Gasteiger partial charge in [0.2, 0.25) is 0 Å². The average Bonchev–Trinajstić information content (AvgIpc) is 2.72. The number of rotatable bonds is 6. The molecule has 1 saturated carbocycles. The number of esters is 1. The summed E-state index contributed by atoms with van der Waals surface area (Å²) in [5, 5.41) is 0. The molecule has 1 fully saturated rings. The Kier molecular flexibility index (Phi) is 5.74. The van der Waals surface area contributed by atoms with Crippen LogP contribution in [0.2, 0.25) is 0 Å². The van der Waals surface area contributed by atoms with Gasteiger partial charge in [-0.25, -0.2) is 0 Å². The van der Waals surface area contributed by atoms with Crippen LogP contribution in [-0.2, 0) is 9.53 Å². The smallest absolute Gasteiger partial charge is 0.308 e. The van der Waals surface area contributed by atoms with Crippen LogP contribution in [0.15, 0.2) is 0 Å². The van der Waals surface area contributed by atoms with Gasteiger partial charge in [0.15, 0.2) is 0 Å². The van der Waals surface area contributed by atoms with E-state index < -0.39 is 0 Å². The highest BCUT2D eigenvalue weighted by Crippen LogP contribution is 2.33. The zero-order chi connectivity index (χ0) is 11.1. The van der Waals surface area contributed by atoms with Crippen molar-refractivity contribution in [2.45, 2.75) is 58.8 Å². The quantitative estimate of drug-likeness (QED) is 0.497. The normalized spacial score (nSPS) is 25.5. The van der Waals surface area contributed by atoms with Crippen LogP contribution in [0, 0.1) is 11.8 Å². The first-order valence-electron chi connectivity index (χ1n) is 6.44. The van der Waals surface area contributed by atoms with E-state index in [4.69, 9.17) is 4.74 Å². The summed E-state index contributed by atoms with van der Waals surface area (Å²) >= 11 is 0. The fraction of sp³-hybridized carbons (Fsp3) is 0.923. The molecule has 2 unspecified atom stereocenters. The predicted molar refractivity (Wildman–Crippen MR) is 61.6 cm³/mol. The molecule has 0 aromatic carbocycles. The summed E-state index contributed by atoms with van der Waals surface area (Å²) in [7, 11) is 0. The van der Waals surface area contributed by atoms with Crippen molar-refractivity contribution in [3.05, 3.63) is 0 Å². The molecular formula is C13H24O2. The molecule has 0 saturated heterocycles. The van der Waals surface area contributed by atoms with Gasteiger partial charge in [0.05, 0.1) is 12.5 Å². The number of ether oxygens (including phenoxy) is 1. The molecule has 0 N–H and O–H groups in total. The first kappa shape index (κ1) is 12.5. The highest BCUT2D eigenvalue weighted by atomic mass is 16.5. The van der Waals surface area contributed by atoms with Crippen molar-refractivity contribution < 1.29 is 9.53 Å².